The van der Waals surface area contributed by atoms with Gasteiger partial charge in [-0.3, -0.25) is 4.79 Å². The van der Waals surface area contributed by atoms with Crippen LogP contribution in [0.2, 0.25) is 0 Å². The SMILES string of the molecule is CCCC1(c2nc3c([nH]2)CCCNC3=O)CCC1. The summed E-state index contributed by atoms with van der Waals surface area (Å²) in [5.41, 5.74) is 1.92. The molecule has 0 bridgehead atoms. The maximum Gasteiger partial charge on any atom is 0.271 e. The molecular weight excluding hydrogens is 226 g/mol. The fourth-order valence-electron chi connectivity index (χ4n) is 3.27. The number of H-pyrrole nitrogens is 1. The van der Waals surface area contributed by atoms with Crippen LogP contribution in [0.1, 0.15) is 67.5 Å². The number of hydrogen-bond donors (Lipinski definition) is 2. The molecular formula is C14H21N3O. The Morgan fingerprint density at radius 3 is 2.83 bits per heavy atom. The van der Waals surface area contributed by atoms with E-state index in [1.165, 1.54) is 32.1 Å². The molecule has 1 fully saturated rings. The molecule has 2 aliphatic rings. The van der Waals surface area contributed by atoms with Crippen molar-refractivity contribution >= 4 is 5.91 Å². The lowest BCUT2D eigenvalue weighted by molar-refractivity contribution is 0.0951. The lowest BCUT2D eigenvalue weighted by atomic mass is 9.65. The number of carbonyl (C=O) groups is 1. The van der Waals surface area contributed by atoms with Gasteiger partial charge in [0.2, 0.25) is 0 Å². The monoisotopic (exact) mass is 247 g/mol. The van der Waals surface area contributed by atoms with Crippen molar-refractivity contribution in [2.75, 3.05) is 6.54 Å². The van der Waals surface area contributed by atoms with Crippen LogP contribution in [0.3, 0.4) is 0 Å². The van der Waals surface area contributed by atoms with Gasteiger partial charge < -0.3 is 10.3 Å². The number of imidazole rings is 1. The summed E-state index contributed by atoms with van der Waals surface area (Å²) in [6.07, 6.45) is 8.02. The van der Waals surface area contributed by atoms with E-state index in [0.717, 1.165) is 30.9 Å². The Morgan fingerprint density at radius 2 is 2.17 bits per heavy atom. The number of amides is 1. The molecule has 98 valence electrons. The van der Waals surface area contributed by atoms with Crippen molar-refractivity contribution in [2.24, 2.45) is 0 Å². The molecule has 1 aromatic heterocycles. The average molecular weight is 247 g/mol. The van der Waals surface area contributed by atoms with E-state index in [4.69, 9.17) is 0 Å². The molecule has 0 radical (unpaired) electrons. The van der Waals surface area contributed by atoms with Gasteiger partial charge in [0.05, 0.1) is 0 Å². The predicted octanol–water partition coefficient (Wildman–Crippen LogP) is 2.31. The summed E-state index contributed by atoms with van der Waals surface area (Å²) < 4.78 is 0. The van der Waals surface area contributed by atoms with Gasteiger partial charge >= 0.3 is 0 Å². The van der Waals surface area contributed by atoms with Gasteiger partial charge in [0.1, 0.15) is 11.5 Å². The number of nitrogens with zero attached hydrogens (tertiary/aromatic N) is 1. The van der Waals surface area contributed by atoms with Gasteiger partial charge in [-0.15, -0.1) is 0 Å². The van der Waals surface area contributed by atoms with Crippen LogP contribution < -0.4 is 5.32 Å². The number of carbonyl (C=O) groups excluding carboxylic acids is 1. The summed E-state index contributed by atoms with van der Waals surface area (Å²) in [7, 11) is 0. The molecule has 0 saturated heterocycles. The number of aromatic nitrogens is 2. The third-order valence-corrected chi connectivity index (χ3v) is 4.42. The van der Waals surface area contributed by atoms with E-state index in [2.05, 4.69) is 22.2 Å². The molecule has 1 aliphatic carbocycles. The Hall–Kier alpha value is -1.32. The largest absolute Gasteiger partial charge is 0.351 e. The quantitative estimate of drug-likeness (QED) is 0.861. The number of rotatable bonds is 3. The average Bonchev–Trinajstić information content (AvgIpc) is 2.66. The highest BCUT2D eigenvalue weighted by Crippen LogP contribution is 2.46. The molecule has 2 heterocycles. The second kappa shape index (κ2) is 4.41. The van der Waals surface area contributed by atoms with Gasteiger partial charge in [-0.2, -0.15) is 0 Å². The lowest BCUT2D eigenvalue weighted by Crippen LogP contribution is -2.35. The van der Waals surface area contributed by atoms with E-state index in [1.807, 2.05) is 0 Å². The van der Waals surface area contributed by atoms with Gasteiger partial charge in [-0.1, -0.05) is 19.8 Å². The first kappa shape index (κ1) is 11.8. The van der Waals surface area contributed by atoms with Gasteiger partial charge in [0.15, 0.2) is 0 Å². The topological polar surface area (TPSA) is 57.8 Å². The summed E-state index contributed by atoms with van der Waals surface area (Å²) in [4.78, 5) is 20.0. The molecule has 2 N–H and O–H groups in total. The number of aryl methyl sites for hydroxylation is 1. The molecule has 1 saturated carbocycles. The van der Waals surface area contributed by atoms with E-state index < -0.39 is 0 Å². The minimum atomic E-state index is -0.00373. The molecule has 1 aromatic rings. The highest BCUT2D eigenvalue weighted by molar-refractivity contribution is 5.93. The molecule has 0 spiro atoms. The Kier molecular flexibility index (Phi) is 2.88. The number of nitrogens with one attached hydrogen (secondary N) is 2. The fraction of sp³-hybridized carbons (Fsp3) is 0.714. The smallest absolute Gasteiger partial charge is 0.271 e. The summed E-state index contributed by atoms with van der Waals surface area (Å²) in [6, 6.07) is 0. The number of aromatic amines is 1. The van der Waals surface area contributed by atoms with Gasteiger partial charge in [0, 0.05) is 17.7 Å². The van der Waals surface area contributed by atoms with Crippen molar-refractivity contribution in [1.29, 1.82) is 0 Å². The van der Waals surface area contributed by atoms with Crippen LogP contribution in [0.25, 0.3) is 0 Å². The highest BCUT2D eigenvalue weighted by atomic mass is 16.1. The molecule has 4 heteroatoms. The molecule has 1 aliphatic heterocycles. The van der Waals surface area contributed by atoms with Crippen LogP contribution in [-0.2, 0) is 11.8 Å². The summed E-state index contributed by atoms with van der Waals surface area (Å²) in [5, 5.41) is 2.91. The van der Waals surface area contributed by atoms with Gasteiger partial charge in [-0.05, 0) is 32.1 Å². The van der Waals surface area contributed by atoms with Crippen molar-refractivity contribution in [3.8, 4) is 0 Å². The van der Waals surface area contributed by atoms with E-state index in [9.17, 15) is 4.79 Å². The zero-order chi connectivity index (χ0) is 12.6. The molecule has 3 rings (SSSR count). The zero-order valence-electron chi connectivity index (χ0n) is 11.0. The maximum atomic E-state index is 11.9. The second-order valence-corrected chi connectivity index (χ2v) is 5.66. The first-order chi connectivity index (χ1) is 8.75. The summed E-state index contributed by atoms with van der Waals surface area (Å²) in [5.74, 6) is 1.06. The second-order valence-electron chi connectivity index (χ2n) is 5.66. The molecule has 18 heavy (non-hydrogen) atoms. The van der Waals surface area contributed by atoms with Crippen LogP contribution >= 0.6 is 0 Å². The van der Waals surface area contributed by atoms with Crippen LogP contribution in [-0.4, -0.2) is 22.4 Å². The first-order valence-corrected chi connectivity index (χ1v) is 7.13. The molecule has 0 atom stereocenters. The van der Waals surface area contributed by atoms with Crippen LogP contribution in [0.4, 0.5) is 0 Å². The van der Waals surface area contributed by atoms with Gasteiger partial charge in [-0.25, -0.2) is 4.98 Å². The molecule has 1 amide bonds. The fourth-order valence-corrected chi connectivity index (χ4v) is 3.27. The maximum absolute atomic E-state index is 11.9. The van der Waals surface area contributed by atoms with E-state index in [0.29, 0.717) is 5.69 Å². The third kappa shape index (κ3) is 1.74. The Morgan fingerprint density at radius 1 is 1.33 bits per heavy atom. The Balaban J connectivity index is 1.94. The number of hydrogen-bond acceptors (Lipinski definition) is 2. The first-order valence-electron chi connectivity index (χ1n) is 7.13. The van der Waals surface area contributed by atoms with Gasteiger partial charge in [0.25, 0.3) is 5.91 Å². The van der Waals surface area contributed by atoms with Crippen molar-refractivity contribution in [2.45, 2.75) is 57.3 Å². The van der Waals surface area contributed by atoms with Crippen LogP contribution in [0.5, 0.6) is 0 Å². The Bertz CT molecular complexity index is 460. The van der Waals surface area contributed by atoms with Crippen molar-refractivity contribution in [3.05, 3.63) is 17.2 Å². The van der Waals surface area contributed by atoms with Crippen LogP contribution in [0.15, 0.2) is 0 Å². The van der Waals surface area contributed by atoms with Crippen molar-refractivity contribution < 1.29 is 4.79 Å². The zero-order valence-corrected chi connectivity index (χ0v) is 11.0. The molecule has 0 unspecified atom stereocenters. The summed E-state index contributed by atoms with van der Waals surface area (Å²) >= 11 is 0. The highest BCUT2D eigenvalue weighted by Gasteiger charge is 2.41. The van der Waals surface area contributed by atoms with E-state index in [-0.39, 0.29) is 11.3 Å². The minimum Gasteiger partial charge on any atom is -0.351 e. The standard InChI is InChI=1S/C14H21N3O/c1-2-6-14(7-4-8-14)13-16-10-5-3-9-15-12(18)11(10)17-13/h2-9H2,1H3,(H,15,18)(H,16,17). The third-order valence-electron chi connectivity index (χ3n) is 4.42. The normalized spacial score (nSPS) is 21.7. The number of fused-ring (bicyclic) bond motifs is 1. The lowest BCUT2D eigenvalue weighted by Gasteiger charge is -2.40. The van der Waals surface area contributed by atoms with Crippen molar-refractivity contribution in [3.63, 3.8) is 0 Å². The van der Waals surface area contributed by atoms with Crippen molar-refractivity contribution in [1.82, 2.24) is 15.3 Å². The summed E-state index contributed by atoms with van der Waals surface area (Å²) in [6.45, 7) is 2.99. The minimum absolute atomic E-state index is 0.00373. The predicted molar refractivity (Wildman–Crippen MR) is 69.7 cm³/mol. The molecule has 4 nitrogen and oxygen atoms in total. The molecule has 0 aromatic carbocycles. The Labute approximate surface area is 108 Å². The van der Waals surface area contributed by atoms with Crippen LogP contribution in [0, 0.1) is 0 Å². The van der Waals surface area contributed by atoms with E-state index in [1.54, 1.807) is 0 Å². The van der Waals surface area contributed by atoms with E-state index >= 15 is 0 Å².